The number of nitrogens with zero attached hydrogens (tertiary/aromatic N) is 2. The highest BCUT2D eigenvalue weighted by Crippen LogP contribution is 2.23. The molecule has 0 radical (unpaired) electrons. The maximum Gasteiger partial charge on any atom is 0.229 e. The zero-order chi connectivity index (χ0) is 17.8. The molecular weight excluding hydrogens is 365 g/mol. The Labute approximate surface area is 153 Å². The van der Waals surface area contributed by atoms with E-state index in [1.165, 1.54) is 23.5 Å². The molecule has 1 N–H and O–H groups in total. The van der Waals surface area contributed by atoms with Crippen LogP contribution in [0, 0.1) is 11.7 Å². The standard InChI is InChI=1S/C17H17ClFN3O2S/c18-13-2-1-3-14(19)12(13)10-15(23)22-7-4-11(5-8-22)16(24)21-17-20-6-9-25-17/h1-3,6,9,11H,4-5,7-8,10H2,(H,20,21,24). The number of piperidine rings is 1. The molecule has 1 aliphatic rings. The predicted octanol–water partition coefficient (Wildman–Crippen LogP) is 3.36. The van der Waals surface area contributed by atoms with E-state index in [4.69, 9.17) is 11.6 Å². The monoisotopic (exact) mass is 381 g/mol. The molecule has 1 fully saturated rings. The molecule has 0 unspecified atom stereocenters. The van der Waals surface area contributed by atoms with Crippen molar-refractivity contribution >= 4 is 39.9 Å². The van der Waals surface area contributed by atoms with Gasteiger partial charge in [0.2, 0.25) is 11.8 Å². The number of halogens is 2. The van der Waals surface area contributed by atoms with Gasteiger partial charge in [0, 0.05) is 41.2 Å². The average molecular weight is 382 g/mol. The van der Waals surface area contributed by atoms with Crippen molar-refractivity contribution in [1.82, 2.24) is 9.88 Å². The van der Waals surface area contributed by atoms with Crippen LogP contribution < -0.4 is 5.32 Å². The molecule has 5 nitrogen and oxygen atoms in total. The number of anilines is 1. The number of carbonyl (C=O) groups is 2. The molecule has 2 heterocycles. The fourth-order valence-corrected chi connectivity index (χ4v) is 3.61. The van der Waals surface area contributed by atoms with Crippen molar-refractivity contribution < 1.29 is 14.0 Å². The smallest absolute Gasteiger partial charge is 0.229 e. The van der Waals surface area contributed by atoms with Crippen LogP contribution in [-0.4, -0.2) is 34.8 Å². The lowest BCUT2D eigenvalue weighted by Crippen LogP contribution is -2.42. The zero-order valence-electron chi connectivity index (χ0n) is 13.4. The molecule has 1 aromatic carbocycles. The summed E-state index contributed by atoms with van der Waals surface area (Å²) in [5.41, 5.74) is 0.220. The Morgan fingerprint density at radius 2 is 2.12 bits per heavy atom. The van der Waals surface area contributed by atoms with Crippen LogP contribution in [0.1, 0.15) is 18.4 Å². The topological polar surface area (TPSA) is 62.3 Å². The summed E-state index contributed by atoms with van der Waals surface area (Å²) < 4.78 is 13.8. The zero-order valence-corrected chi connectivity index (χ0v) is 14.9. The summed E-state index contributed by atoms with van der Waals surface area (Å²) >= 11 is 7.35. The lowest BCUT2D eigenvalue weighted by atomic mass is 9.95. The molecule has 3 rings (SSSR count). The third kappa shape index (κ3) is 4.35. The van der Waals surface area contributed by atoms with E-state index in [1.54, 1.807) is 22.5 Å². The van der Waals surface area contributed by atoms with Gasteiger partial charge in [0.1, 0.15) is 5.82 Å². The second-order valence-electron chi connectivity index (χ2n) is 5.86. The highest BCUT2D eigenvalue weighted by molar-refractivity contribution is 7.13. The average Bonchev–Trinajstić information content (AvgIpc) is 3.11. The van der Waals surface area contributed by atoms with Crippen LogP contribution in [-0.2, 0) is 16.0 Å². The van der Waals surface area contributed by atoms with Gasteiger partial charge < -0.3 is 10.2 Å². The van der Waals surface area contributed by atoms with E-state index in [0.717, 1.165) is 0 Å². The third-order valence-electron chi connectivity index (χ3n) is 4.27. The van der Waals surface area contributed by atoms with Gasteiger partial charge in [0.15, 0.2) is 5.13 Å². The first-order valence-corrected chi connectivity index (χ1v) is 9.21. The molecule has 1 saturated heterocycles. The van der Waals surface area contributed by atoms with Crippen molar-refractivity contribution in [2.24, 2.45) is 5.92 Å². The van der Waals surface area contributed by atoms with Gasteiger partial charge in [-0.25, -0.2) is 9.37 Å². The summed E-state index contributed by atoms with van der Waals surface area (Å²) in [7, 11) is 0. The summed E-state index contributed by atoms with van der Waals surface area (Å²) in [5, 5.41) is 5.42. The van der Waals surface area contributed by atoms with Gasteiger partial charge in [-0.05, 0) is 25.0 Å². The number of nitrogens with one attached hydrogen (secondary N) is 1. The van der Waals surface area contributed by atoms with Crippen molar-refractivity contribution in [1.29, 1.82) is 0 Å². The van der Waals surface area contributed by atoms with Crippen molar-refractivity contribution in [2.75, 3.05) is 18.4 Å². The molecule has 0 spiro atoms. The second kappa shape index (κ2) is 7.93. The number of carbonyl (C=O) groups excluding carboxylic acids is 2. The number of thiazole rings is 1. The molecule has 2 aromatic rings. The molecule has 25 heavy (non-hydrogen) atoms. The number of hydrogen-bond acceptors (Lipinski definition) is 4. The van der Waals surface area contributed by atoms with Crippen LogP contribution in [0.5, 0.6) is 0 Å². The fourth-order valence-electron chi connectivity index (χ4n) is 2.85. The minimum absolute atomic E-state index is 0.0680. The first kappa shape index (κ1) is 17.8. The normalized spacial score (nSPS) is 15.2. The van der Waals surface area contributed by atoms with E-state index in [0.29, 0.717) is 31.1 Å². The van der Waals surface area contributed by atoms with Gasteiger partial charge in [0.25, 0.3) is 0 Å². The minimum Gasteiger partial charge on any atom is -0.342 e. The third-order valence-corrected chi connectivity index (χ3v) is 5.31. The fraction of sp³-hybridized carbons (Fsp3) is 0.353. The van der Waals surface area contributed by atoms with Gasteiger partial charge in [0.05, 0.1) is 6.42 Å². The first-order chi connectivity index (χ1) is 12.0. The lowest BCUT2D eigenvalue weighted by Gasteiger charge is -2.31. The second-order valence-corrected chi connectivity index (χ2v) is 7.16. The van der Waals surface area contributed by atoms with E-state index < -0.39 is 5.82 Å². The van der Waals surface area contributed by atoms with Crippen LogP contribution in [0.15, 0.2) is 29.8 Å². The van der Waals surface area contributed by atoms with Gasteiger partial charge in [-0.1, -0.05) is 17.7 Å². The van der Waals surface area contributed by atoms with Crippen molar-refractivity contribution in [3.63, 3.8) is 0 Å². The van der Waals surface area contributed by atoms with Crippen LogP contribution in [0.25, 0.3) is 0 Å². The van der Waals surface area contributed by atoms with Crippen LogP contribution >= 0.6 is 22.9 Å². The SMILES string of the molecule is O=C(Nc1nccs1)C1CCN(C(=O)Cc2c(F)cccc2Cl)CC1. The van der Waals surface area contributed by atoms with E-state index in [-0.39, 0.29) is 34.7 Å². The van der Waals surface area contributed by atoms with Gasteiger partial charge in [-0.3, -0.25) is 9.59 Å². The molecule has 0 atom stereocenters. The Kier molecular flexibility index (Phi) is 5.65. The number of benzene rings is 1. The van der Waals surface area contributed by atoms with Crippen LogP contribution in [0.3, 0.4) is 0 Å². The molecule has 0 bridgehead atoms. The maximum absolute atomic E-state index is 13.8. The lowest BCUT2D eigenvalue weighted by molar-refractivity contribution is -0.133. The summed E-state index contributed by atoms with van der Waals surface area (Å²) in [4.78, 5) is 30.3. The Morgan fingerprint density at radius 1 is 1.36 bits per heavy atom. The van der Waals surface area contributed by atoms with Gasteiger partial charge in [-0.15, -0.1) is 11.3 Å². The minimum atomic E-state index is -0.474. The highest BCUT2D eigenvalue weighted by atomic mass is 35.5. The van der Waals surface area contributed by atoms with E-state index in [1.807, 2.05) is 0 Å². The van der Waals surface area contributed by atoms with E-state index >= 15 is 0 Å². The Bertz CT molecular complexity index is 741. The quantitative estimate of drug-likeness (QED) is 0.883. The summed E-state index contributed by atoms with van der Waals surface area (Å²) in [5.74, 6) is -0.867. The first-order valence-electron chi connectivity index (χ1n) is 7.95. The van der Waals surface area contributed by atoms with Gasteiger partial charge >= 0.3 is 0 Å². The Balaban J connectivity index is 1.53. The molecule has 132 valence electrons. The van der Waals surface area contributed by atoms with Crippen LogP contribution in [0.2, 0.25) is 5.02 Å². The molecule has 1 aliphatic heterocycles. The Hall–Kier alpha value is -1.99. The summed E-state index contributed by atoms with van der Waals surface area (Å²) in [6.45, 7) is 0.946. The van der Waals surface area contributed by atoms with Crippen molar-refractivity contribution in [3.8, 4) is 0 Å². The van der Waals surface area contributed by atoms with Crippen molar-refractivity contribution in [2.45, 2.75) is 19.3 Å². The number of rotatable bonds is 4. The number of hydrogen-bond donors (Lipinski definition) is 1. The van der Waals surface area contributed by atoms with E-state index in [9.17, 15) is 14.0 Å². The Morgan fingerprint density at radius 3 is 2.76 bits per heavy atom. The summed E-state index contributed by atoms with van der Waals surface area (Å²) in [6.07, 6.45) is 2.72. The molecule has 8 heteroatoms. The number of amides is 2. The van der Waals surface area contributed by atoms with Crippen LogP contribution in [0.4, 0.5) is 9.52 Å². The molecule has 0 saturated carbocycles. The molecule has 2 amide bonds. The van der Waals surface area contributed by atoms with Crippen molar-refractivity contribution in [3.05, 3.63) is 46.2 Å². The molecule has 0 aliphatic carbocycles. The molecule has 1 aromatic heterocycles. The summed E-state index contributed by atoms with van der Waals surface area (Å²) in [6, 6.07) is 4.38. The van der Waals surface area contributed by atoms with E-state index in [2.05, 4.69) is 10.3 Å². The largest absolute Gasteiger partial charge is 0.342 e. The maximum atomic E-state index is 13.8. The number of aromatic nitrogens is 1. The number of likely N-dealkylation sites (tertiary alicyclic amines) is 1. The predicted molar refractivity (Wildman–Crippen MR) is 95.2 cm³/mol. The molecular formula is C17H17ClFN3O2S. The highest BCUT2D eigenvalue weighted by Gasteiger charge is 2.28. The van der Waals surface area contributed by atoms with Gasteiger partial charge in [-0.2, -0.15) is 0 Å².